The Hall–Kier alpha value is -2.73. The lowest BCUT2D eigenvalue weighted by atomic mass is 10.3. The summed E-state index contributed by atoms with van der Waals surface area (Å²) in [5, 5.41) is 4.58. The minimum absolute atomic E-state index is 0.150. The summed E-state index contributed by atoms with van der Waals surface area (Å²) in [7, 11) is 1.56. The van der Waals surface area contributed by atoms with E-state index in [1.54, 1.807) is 55.6 Å². The number of hydrogen-bond acceptors (Lipinski definition) is 5. The van der Waals surface area contributed by atoms with Crippen molar-refractivity contribution in [3.05, 3.63) is 64.1 Å². The highest BCUT2D eigenvalue weighted by atomic mass is 35.5. The predicted octanol–water partition coefficient (Wildman–Crippen LogP) is 3.28. The van der Waals surface area contributed by atoms with Gasteiger partial charge in [0.25, 0.3) is 0 Å². The summed E-state index contributed by atoms with van der Waals surface area (Å²) in [5.41, 5.74) is 0.542. The van der Waals surface area contributed by atoms with Crippen molar-refractivity contribution >= 4 is 11.6 Å². The average Bonchev–Trinajstić information content (AvgIpc) is 2.90. The molecule has 0 spiro atoms. The van der Waals surface area contributed by atoms with Crippen LogP contribution in [0.2, 0.25) is 5.02 Å². The number of benzene rings is 2. The molecule has 3 aromatic rings. The van der Waals surface area contributed by atoms with Crippen LogP contribution in [-0.4, -0.2) is 16.9 Å². The number of aromatic nitrogens is 2. The molecule has 0 aliphatic rings. The maximum absolute atomic E-state index is 11.8. The second kappa shape index (κ2) is 5.95. The highest BCUT2D eigenvalue weighted by Gasteiger charge is 2.12. The zero-order valence-corrected chi connectivity index (χ0v) is 12.3. The Morgan fingerprint density at radius 3 is 2.32 bits per heavy atom. The van der Waals surface area contributed by atoms with Gasteiger partial charge in [0.05, 0.1) is 12.8 Å². The molecular weight excluding hydrogens is 308 g/mol. The second-order valence-corrected chi connectivity index (χ2v) is 4.74. The standard InChI is InChI=1S/C15H11ClN2O4/c1-20-12-8-4-11(5-9-12)18-15(19)22-14(17-18)21-13-6-2-10(16)3-7-13/h2-9H,1H3. The van der Waals surface area contributed by atoms with Gasteiger partial charge in [-0.2, -0.15) is 4.68 Å². The van der Waals surface area contributed by atoms with Crippen molar-refractivity contribution in [2.45, 2.75) is 0 Å². The van der Waals surface area contributed by atoms with Crippen molar-refractivity contribution in [3.8, 4) is 23.3 Å². The van der Waals surface area contributed by atoms with Gasteiger partial charge in [0.15, 0.2) is 0 Å². The van der Waals surface area contributed by atoms with Crippen LogP contribution >= 0.6 is 11.6 Å². The van der Waals surface area contributed by atoms with Crippen molar-refractivity contribution in [3.63, 3.8) is 0 Å². The van der Waals surface area contributed by atoms with Crippen molar-refractivity contribution in [1.29, 1.82) is 0 Å². The Bertz CT molecular complexity index is 822. The monoisotopic (exact) mass is 318 g/mol. The average molecular weight is 319 g/mol. The van der Waals surface area contributed by atoms with Crippen molar-refractivity contribution in [1.82, 2.24) is 9.78 Å². The van der Waals surface area contributed by atoms with Gasteiger partial charge < -0.3 is 13.9 Å². The van der Waals surface area contributed by atoms with Gasteiger partial charge >= 0.3 is 11.8 Å². The van der Waals surface area contributed by atoms with Gasteiger partial charge in [-0.05, 0) is 48.5 Å². The third-order valence-corrected chi connectivity index (χ3v) is 3.12. The smallest absolute Gasteiger partial charge is 0.444 e. The van der Waals surface area contributed by atoms with Gasteiger partial charge in [0.1, 0.15) is 11.5 Å². The number of methoxy groups -OCH3 is 1. The number of rotatable bonds is 4. The molecule has 0 saturated carbocycles. The SMILES string of the molecule is COc1ccc(-n2nc(Oc3ccc(Cl)cc3)oc2=O)cc1. The molecule has 0 atom stereocenters. The molecule has 0 radical (unpaired) electrons. The van der Waals surface area contributed by atoms with E-state index in [4.69, 9.17) is 25.5 Å². The highest BCUT2D eigenvalue weighted by molar-refractivity contribution is 6.30. The predicted molar refractivity (Wildman–Crippen MR) is 80.2 cm³/mol. The lowest BCUT2D eigenvalue weighted by Crippen LogP contribution is -2.13. The molecule has 7 heteroatoms. The largest absolute Gasteiger partial charge is 0.497 e. The maximum Gasteiger partial charge on any atom is 0.444 e. The lowest BCUT2D eigenvalue weighted by molar-refractivity contribution is 0.320. The van der Waals surface area contributed by atoms with E-state index in [0.717, 1.165) is 4.68 Å². The Morgan fingerprint density at radius 2 is 1.68 bits per heavy atom. The number of ether oxygens (including phenoxy) is 2. The molecule has 6 nitrogen and oxygen atoms in total. The Labute approximate surface area is 130 Å². The summed E-state index contributed by atoms with van der Waals surface area (Å²) in [6, 6.07) is 13.4. The summed E-state index contributed by atoms with van der Waals surface area (Å²) in [5.74, 6) is 0.500. The van der Waals surface area contributed by atoms with Crippen LogP contribution in [0.4, 0.5) is 0 Å². The van der Waals surface area contributed by atoms with E-state index in [-0.39, 0.29) is 6.08 Å². The number of halogens is 1. The van der Waals surface area contributed by atoms with Crippen molar-refractivity contribution < 1.29 is 13.9 Å². The molecular formula is C15H11ClN2O4. The van der Waals surface area contributed by atoms with Crippen LogP contribution in [0.5, 0.6) is 17.6 Å². The minimum atomic E-state index is -0.644. The molecule has 0 saturated heterocycles. The van der Waals surface area contributed by atoms with Crippen LogP contribution in [0.3, 0.4) is 0 Å². The minimum Gasteiger partial charge on any atom is -0.497 e. The first-order chi connectivity index (χ1) is 10.7. The van der Waals surface area contributed by atoms with E-state index in [2.05, 4.69) is 5.10 Å². The van der Waals surface area contributed by atoms with Crippen LogP contribution in [0.1, 0.15) is 0 Å². The van der Waals surface area contributed by atoms with Crippen LogP contribution in [0.25, 0.3) is 5.69 Å². The van der Waals surface area contributed by atoms with E-state index < -0.39 is 5.76 Å². The normalized spacial score (nSPS) is 10.5. The molecule has 0 aliphatic heterocycles. The fourth-order valence-electron chi connectivity index (χ4n) is 1.79. The topological polar surface area (TPSA) is 66.5 Å². The lowest BCUT2D eigenvalue weighted by Gasteiger charge is -2.01. The van der Waals surface area contributed by atoms with Gasteiger partial charge in [-0.15, -0.1) is 0 Å². The fourth-order valence-corrected chi connectivity index (χ4v) is 1.92. The van der Waals surface area contributed by atoms with Gasteiger partial charge in [-0.3, -0.25) is 0 Å². The molecule has 3 rings (SSSR count). The summed E-state index contributed by atoms with van der Waals surface area (Å²) >= 11 is 5.79. The van der Waals surface area contributed by atoms with Crippen LogP contribution < -0.4 is 15.2 Å². The first-order valence-corrected chi connectivity index (χ1v) is 6.71. The zero-order valence-electron chi connectivity index (χ0n) is 11.5. The molecule has 0 unspecified atom stereocenters. The third kappa shape index (κ3) is 2.96. The molecule has 0 bridgehead atoms. The first kappa shape index (κ1) is 14.2. The van der Waals surface area contributed by atoms with Gasteiger partial charge in [-0.25, -0.2) is 4.79 Å². The maximum atomic E-state index is 11.8. The first-order valence-electron chi connectivity index (χ1n) is 6.34. The summed E-state index contributed by atoms with van der Waals surface area (Å²) < 4.78 is 16.5. The van der Waals surface area contributed by atoms with E-state index in [1.165, 1.54) is 0 Å². The Balaban J connectivity index is 1.86. The van der Waals surface area contributed by atoms with Crippen LogP contribution in [0, 0.1) is 0 Å². The molecule has 2 aromatic carbocycles. The summed E-state index contributed by atoms with van der Waals surface area (Å²) in [6.45, 7) is 0. The molecule has 112 valence electrons. The van der Waals surface area contributed by atoms with E-state index in [1.807, 2.05) is 0 Å². The van der Waals surface area contributed by atoms with Crippen molar-refractivity contribution in [2.24, 2.45) is 0 Å². The highest BCUT2D eigenvalue weighted by Crippen LogP contribution is 2.21. The Morgan fingerprint density at radius 1 is 1.05 bits per heavy atom. The second-order valence-electron chi connectivity index (χ2n) is 4.30. The van der Waals surface area contributed by atoms with Crippen LogP contribution in [-0.2, 0) is 0 Å². The zero-order chi connectivity index (χ0) is 15.5. The molecule has 1 aromatic heterocycles. The fraction of sp³-hybridized carbons (Fsp3) is 0.0667. The molecule has 0 aliphatic carbocycles. The van der Waals surface area contributed by atoms with E-state index in [0.29, 0.717) is 22.2 Å². The molecule has 22 heavy (non-hydrogen) atoms. The van der Waals surface area contributed by atoms with E-state index in [9.17, 15) is 4.79 Å². The van der Waals surface area contributed by atoms with Crippen LogP contribution in [0.15, 0.2) is 57.7 Å². The Kier molecular flexibility index (Phi) is 3.84. The van der Waals surface area contributed by atoms with E-state index >= 15 is 0 Å². The molecule has 0 amide bonds. The summed E-state index contributed by atoms with van der Waals surface area (Å²) in [4.78, 5) is 11.8. The number of nitrogens with zero attached hydrogens (tertiary/aromatic N) is 2. The van der Waals surface area contributed by atoms with Gasteiger partial charge in [0, 0.05) is 5.02 Å². The van der Waals surface area contributed by atoms with Gasteiger partial charge in [-0.1, -0.05) is 16.7 Å². The summed E-state index contributed by atoms with van der Waals surface area (Å²) in [6.07, 6.45) is -0.150. The molecule has 0 fully saturated rings. The molecule has 0 N–H and O–H groups in total. The third-order valence-electron chi connectivity index (χ3n) is 2.86. The van der Waals surface area contributed by atoms with Gasteiger partial charge in [0.2, 0.25) is 0 Å². The quantitative estimate of drug-likeness (QED) is 0.738. The molecule has 1 heterocycles. The van der Waals surface area contributed by atoms with Crippen molar-refractivity contribution in [2.75, 3.05) is 7.11 Å². The number of hydrogen-bond donors (Lipinski definition) is 0.